The summed E-state index contributed by atoms with van der Waals surface area (Å²) in [5.41, 5.74) is 0.871. The smallest absolute Gasteiger partial charge is 0.228 e. The largest absolute Gasteiger partial charge is 0.348 e. The number of nitrogens with one attached hydrogen (secondary N) is 1. The van der Waals surface area contributed by atoms with Gasteiger partial charge in [-0.3, -0.25) is 4.79 Å². The van der Waals surface area contributed by atoms with E-state index in [0.717, 1.165) is 29.1 Å². The summed E-state index contributed by atoms with van der Waals surface area (Å²) in [5, 5.41) is 4.69. The zero-order chi connectivity index (χ0) is 14.3. The van der Waals surface area contributed by atoms with E-state index in [1.807, 2.05) is 37.3 Å². The van der Waals surface area contributed by atoms with E-state index in [0.29, 0.717) is 0 Å². The van der Waals surface area contributed by atoms with Crippen molar-refractivity contribution in [1.82, 2.24) is 5.32 Å². The molecule has 0 saturated carbocycles. The number of benzene rings is 1. The molecule has 0 bridgehead atoms. The van der Waals surface area contributed by atoms with E-state index < -0.39 is 0 Å². The van der Waals surface area contributed by atoms with Crippen molar-refractivity contribution >= 4 is 37.8 Å². The predicted molar refractivity (Wildman–Crippen MR) is 88.2 cm³/mol. The molecule has 0 aliphatic carbocycles. The third kappa shape index (κ3) is 4.32. The number of halogens is 2. The van der Waals surface area contributed by atoms with Crippen molar-refractivity contribution in [2.75, 3.05) is 10.7 Å². The van der Waals surface area contributed by atoms with E-state index in [-0.39, 0.29) is 17.4 Å². The minimum Gasteiger partial charge on any atom is -0.348 e. The molecule has 0 radical (unpaired) electrons. The summed E-state index contributed by atoms with van der Waals surface area (Å²) in [5.74, 6) is 0.0275. The third-order valence-corrected chi connectivity index (χ3v) is 5.65. The van der Waals surface area contributed by atoms with Crippen molar-refractivity contribution in [2.45, 2.75) is 38.1 Å². The monoisotopic (exact) mass is 389 g/mol. The summed E-state index contributed by atoms with van der Waals surface area (Å²) in [6, 6.07) is 9.97. The molecule has 0 aromatic heterocycles. The molecular weight excluding hydrogens is 370 g/mol. The molecule has 4 heteroatoms. The van der Waals surface area contributed by atoms with Crippen LogP contribution in [0.25, 0.3) is 0 Å². The maximum Gasteiger partial charge on any atom is 0.228 e. The van der Waals surface area contributed by atoms with E-state index in [4.69, 9.17) is 0 Å². The Bertz CT molecular complexity index is 382. The summed E-state index contributed by atoms with van der Waals surface area (Å²) in [6.07, 6.45) is 1.70. The summed E-state index contributed by atoms with van der Waals surface area (Å²) < 4.78 is 0. The highest BCUT2D eigenvalue weighted by Crippen LogP contribution is 2.23. The summed E-state index contributed by atoms with van der Waals surface area (Å²) in [7, 11) is 0. The topological polar surface area (TPSA) is 29.1 Å². The predicted octanol–water partition coefficient (Wildman–Crippen LogP) is 4.24. The Labute approximate surface area is 132 Å². The summed E-state index contributed by atoms with van der Waals surface area (Å²) in [6.45, 7) is 4.14. The summed E-state index contributed by atoms with van der Waals surface area (Å²) in [4.78, 5) is 12.5. The van der Waals surface area contributed by atoms with Crippen LogP contribution in [0.2, 0.25) is 0 Å². The first-order valence-corrected chi connectivity index (χ1v) is 8.85. The molecule has 1 unspecified atom stereocenters. The molecule has 1 N–H and O–H groups in total. The quantitative estimate of drug-likeness (QED) is 0.693. The van der Waals surface area contributed by atoms with Crippen LogP contribution in [0, 0.1) is 0 Å². The van der Waals surface area contributed by atoms with E-state index in [1.54, 1.807) is 0 Å². The number of hydrogen-bond acceptors (Lipinski definition) is 1. The van der Waals surface area contributed by atoms with Crippen LogP contribution in [0.15, 0.2) is 30.3 Å². The molecule has 0 heterocycles. The SMILES string of the molecule is CCC(C(=O)NC(CC)(CBr)CBr)c1ccccc1. The highest BCUT2D eigenvalue weighted by Gasteiger charge is 2.30. The van der Waals surface area contributed by atoms with Crippen LogP contribution in [0.1, 0.15) is 38.2 Å². The van der Waals surface area contributed by atoms with Gasteiger partial charge in [0.05, 0.1) is 11.5 Å². The highest BCUT2D eigenvalue weighted by atomic mass is 79.9. The van der Waals surface area contributed by atoms with Gasteiger partial charge in [0.25, 0.3) is 0 Å². The molecule has 0 aliphatic rings. The van der Waals surface area contributed by atoms with Gasteiger partial charge >= 0.3 is 0 Å². The van der Waals surface area contributed by atoms with Crippen LogP contribution in [0.3, 0.4) is 0 Å². The maximum atomic E-state index is 12.5. The molecule has 1 atom stereocenters. The zero-order valence-electron chi connectivity index (χ0n) is 11.5. The minimum atomic E-state index is -0.209. The number of carbonyl (C=O) groups excluding carboxylic acids is 1. The zero-order valence-corrected chi connectivity index (χ0v) is 14.6. The van der Waals surface area contributed by atoms with E-state index in [1.165, 1.54) is 0 Å². The third-order valence-electron chi connectivity index (χ3n) is 3.50. The fourth-order valence-corrected chi connectivity index (χ4v) is 3.99. The van der Waals surface area contributed by atoms with Crippen molar-refractivity contribution in [2.24, 2.45) is 0 Å². The Morgan fingerprint density at radius 2 is 1.79 bits per heavy atom. The minimum absolute atomic E-state index is 0.0785. The normalized spacial score (nSPS) is 13.1. The van der Waals surface area contributed by atoms with E-state index in [9.17, 15) is 4.79 Å². The van der Waals surface area contributed by atoms with E-state index in [2.05, 4.69) is 44.1 Å². The van der Waals surface area contributed by atoms with Crippen LogP contribution in [-0.2, 0) is 4.79 Å². The van der Waals surface area contributed by atoms with Crippen molar-refractivity contribution in [1.29, 1.82) is 0 Å². The van der Waals surface area contributed by atoms with Gasteiger partial charge in [-0.25, -0.2) is 0 Å². The fourth-order valence-electron chi connectivity index (χ4n) is 1.99. The first-order valence-electron chi connectivity index (χ1n) is 6.61. The van der Waals surface area contributed by atoms with Crippen LogP contribution in [-0.4, -0.2) is 22.1 Å². The van der Waals surface area contributed by atoms with Gasteiger partial charge in [-0.05, 0) is 18.4 Å². The van der Waals surface area contributed by atoms with Gasteiger partial charge in [-0.1, -0.05) is 76.0 Å². The van der Waals surface area contributed by atoms with Gasteiger partial charge < -0.3 is 5.32 Å². The first kappa shape index (κ1) is 16.7. The van der Waals surface area contributed by atoms with Crippen molar-refractivity contribution in [3.63, 3.8) is 0 Å². The molecular formula is C15H21Br2NO. The van der Waals surface area contributed by atoms with Gasteiger partial charge in [0.1, 0.15) is 0 Å². The van der Waals surface area contributed by atoms with Gasteiger partial charge in [0, 0.05) is 10.7 Å². The van der Waals surface area contributed by atoms with Gasteiger partial charge in [-0.2, -0.15) is 0 Å². The highest BCUT2D eigenvalue weighted by molar-refractivity contribution is 9.09. The molecule has 1 amide bonds. The van der Waals surface area contributed by atoms with Gasteiger partial charge in [0.15, 0.2) is 0 Å². The van der Waals surface area contributed by atoms with Gasteiger partial charge in [0.2, 0.25) is 5.91 Å². The fraction of sp³-hybridized carbons (Fsp3) is 0.533. The van der Waals surface area contributed by atoms with Gasteiger partial charge in [-0.15, -0.1) is 0 Å². The second-order valence-corrected chi connectivity index (χ2v) is 5.88. The molecule has 1 aromatic carbocycles. The lowest BCUT2D eigenvalue weighted by Gasteiger charge is -2.32. The lowest BCUT2D eigenvalue weighted by Crippen LogP contribution is -2.52. The first-order chi connectivity index (χ1) is 9.12. The molecule has 1 rings (SSSR count). The average Bonchev–Trinajstić information content (AvgIpc) is 2.47. The Kier molecular flexibility index (Phi) is 7.08. The molecule has 2 nitrogen and oxygen atoms in total. The van der Waals surface area contributed by atoms with Crippen LogP contribution in [0.4, 0.5) is 0 Å². The average molecular weight is 391 g/mol. The Balaban J connectivity index is 2.86. The number of amides is 1. The maximum absolute atomic E-state index is 12.5. The van der Waals surface area contributed by atoms with Crippen LogP contribution >= 0.6 is 31.9 Å². The number of rotatable bonds is 7. The van der Waals surface area contributed by atoms with Crippen molar-refractivity contribution < 1.29 is 4.79 Å². The molecule has 0 fully saturated rings. The Morgan fingerprint density at radius 3 is 2.21 bits per heavy atom. The molecule has 0 saturated heterocycles. The lowest BCUT2D eigenvalue weighted by atomic mass is 9.93. The second-order valence-electron chi connectivity index (χ2n) is 4.76. The Morgan fingerprint density at radius 1 is 1.21 bits per heavy atom. The molecule has 0 aliphatic heterocycles. The molecule has 106 valence electrons. The molecule has 1 aromatic rings. The second kappa shape index (κ2) is 8.05. The summed E-state index contributed by atoms with van der Waals surface area (Å²) >= 11 is 7.01. The van der Waals surface area contributed by atoms with Crippen LogP contribution < -0.4 is 5.32 Å². The molecule has 19 heavy (non-hydrogen) atoms. The number of hydrogen-bond donors (Lipinski definition) is 1. The van der Waals surface area contributed by atoms with Crippen molar-refractivity contribution in [3.05, 3.63) is 35.9 Å². The van der Waals surface area contributed by atoms with Crippen LogP contribution in [0.5, 0.6) is 0 Å². The molecule has 0 spiro atoms. The van der Waals surface area contributed by atoms with E-state index >= 15 is 0 Å². The lowest BCUT2D eigenvalue weighted by molar-refractivity contribution is -0.124. The number of carbonyl (C=O) groups is 1. The Hall–Kier alpha value is -0.350. The number of alkyl halides is 2. The standard InChI is InChI=1S/C15H21Br2NO/c1-3-13(12-8-6-5-7-9-12)14(19)18-15(4-2,10-16)11-17/h5-9,13H,3-4,10-11H2,1-2H3,(H,18,19). The van der Waals surface area contributed by atoms with Crippen molar-refractivity contribution in [3.8, 4) is 0 Å².